The third-order valence-electron chi connectivity index (χ3n) is 3.81. The van der Waals surface area contributed by atoms with Crippen LogP contribution in [0.3, 0.4) is 0 Å². The van der Waals surface area contributed by atoms with Crippen molar-refractivity contribution in [3.8, 4) is 0 Å². The Balaban J connectivity index is 0.00000341. The van der Waals surface area contributed by atoms with Crippen LogP contribution in [0.2, 0.25) is 0 Å². The number of carbonyl (C=O) groups excluding carboxylic acids is 4. The number of esters is 3. The first kappa shape index (κ1) is 23.7. The van der Waals surface area contributed by atoms with Crippen LogP contribution in [0.15, 0.2) is 48.6 Å². The molecule has 14 heteroatoms. The Kier molecular flexibility index (Phi) is 7.24. The van der Waals surface area contributed by atoms with E-state index in [1.807, 2.05) is 0 Å². The van der Waals surface area contributed by atoms with Crippen LogP contribution in [0.5, 0.6) is 0 Å². The lowest BCUT2D eigenvalue weighted by molar-refractivity contribution is -0.177. The molecule has 0 aliphatic carbocycles. The molecule has 3 unspecified atom stereocenters. The van der Waals surface area contributed by atoms with E-state index in [0.717, 1.165) is 12.2 Å². The standard InChI is InChI=1S/C17H14N2O10S.H2O/c18-30(24,25)29-14(23)8-7-12(21)27-16-10-4-2-1-3-9(10)15-17(19-16)28-13(22)6-5-11(20)26-15;/h1-8,15-17,19H,(H2,18,24,25);1H2/b6-5+,8-7+;. The van der Waals surface area contributed by atoms with Crippen molar-refractivity contribution in [3.63, 3.8) is 0 Å². The predicted octanol–water partition coefficient (Wildman–Crippen LogP) is -1.67. The highest BCUT2D eigenvalue weighted by molar-refractivity contribution is 7.84. The van der Waals surface area contributed by atoms with E-state index in [-0.39, 0.29) is 5.48 Å². The van der Waals surface area contributed by atoms with E-state index in [4.69, 9.17) is 14.2 Å². The van der Waals surface area contributed by atoms with Crippen LogP contribution in [-0.2, 0) is 47.9 Å². The summed E-state index contributed by atoms with van der Waals surface area (Å²) in [7, 11) is -4.53. The molecule has 5 N–H and O–H groups in total. The Hall–Kier alpha value is -3.59. The number of rotatable bonds is 4. The summed E-state index contributed by atoms with van der Waals surface area (Å²) in [6.45, 7) is 0. The van der Waals surface area contributed by atoms with Gasteiger partial charge < -0.3 is 23.9 Å². The van der Waals surface area contributed by atoms with Crippen molar-refractivity contribution in [3.05, 3.63) is 59.7 Å². The molecule has 0 aromatic heterocycles. The molecule has 2 aliphatic rings. The zero-order valence-corrected chi connectivity index (χ0v) is 16.2. The van der Waals surface area contributed by atoms with E-state index in [1.54, 1.807) is 24.3 Å². The average molecular weight is 456 g/mol. The molecule has 31 heavy (non-hydrogen) atoms. The molecule has 1 aromatic carbocycles. The number of fused-ring (bicyclic) bond motifs is 3. The van der Waals surface area contributed by atoms with Crippen LogP contribution < -0.4 is 10.5 Å². The van der Waals surface area contributed by atoms with Crippen LogP contribution in [0, 0.1) is 0 Å². The predicted molar refractivity (Wildman–Crippen MR) is 98.2 cm³/mol. The van der Waals surface area contributed by atoms with Crippen molar-refractivity contribution >= 4 is 34.2 Å². The van der Waals surface area contributed by atoms with Gasteiger partial charge in [0, 0.05) is 35.4 Å². The highest BCUT2D eigenvalue weighted by atomic mass is 32.2. The van der Waals surface area contributed by atoms with E-state index in [0.29, 0.717) is 23.3 Å². The Morgan fingerprint density at radius 3 is 2.23 bits per heavy atom. The molecule has 0 bridgehead atoms. The van der Waals surface area contributed by atoms with Gasteiger partial charge in [0.2, 0.25) is 0 Å². The minimum atomic E-state index is -4.53. The molecule has 13 nitrogen and oxygen atoms in total. The smallest absolute Gasteiger partial charge is 0.382 e. The lowest BCUT2D eigenvalue weighted by atomic mass is 9.95. The Morgan fingerprint density at radius 1 is 1.00 bits per heavy atom. The molecule has 166 valence electrons. The van der Waals surface area contributed by atoms with E-state index in [9.17, 15) is 27.6 Å². The van der Waals surface area contributed by atoms with Gasteiger partial charge in [0.05, 0.1) is 0 Å². The molecule has 3 rings (SSSR count). The number of carbonyl (C=O) groups is 4. The summed E-state index contributed by atoms with van der Waals surface area (Å²) < 4.78 is 40.9. The summed E-state index contributed by atoms with van der Waals surface area (Å²) in [4.78, 5) is 46.9. The molecule has 0 fully saturated rings. The fourth-order valence-electron chi connectivity index (χ4n) is 2.72. The Bertz CT molecular complexity index is 1060. The average Bonchev–Trinajstić information content (AvgIpc) is 2.65. The van der Waals surface area contributed by atoms with Crippen LogP contribution >= 0.6 is 0 Å². The third-order valence-corrected chi connectivity index (χ3v) is 4.20. The zero-order valence-electron chi connectivity index (χ0n) is 15.4. The molecule has 0 saturated carbocycles. The maximum absolute atomic E-state index is 12.0. The van der Waals surface area contributed by atoms with Gasteiger partial charge in [-0.25, -0.2) is 24.5 Å². The molecule has 2 heterocycles. The summed E-state index contributed by atoms with van der Waals surface area (Å²) in [6.07, 6.45) is -0.374. The fourth-order valence-corrected chi connectivity index (χ4v) is 3.00. The van der Waals surface area contributed by atoms with E-state index in [1.165, 1.54) is 0 Å². The third kappa shape index (κ3) is 6.19. The molecule has 2 aliphatic heterocycles. The van der Waals surface area contributed by atoms with Crippen molar-refractivity contribution in [2.45, 2.75) is 18.6 Å². The summed E-state index contributed by atoms with van der Waals surface area (Å²) >= 11 is 0. The molecule has 0 amide bonds. The summed E-state index contributed by atoms with van der Waals surface area (Å²) in [5, 5.41) is 7.26. The van der Waals surface area contributed by atoms with E-state index in [2.05, 4.69) is 14.6 Å². The number of hydrogen-bond acceptors (Lipinski definition) is 11. The topological polar surface area (TPSA) is 209 Å². The summed E-state index contributed by atoms with van der Waals surface area (Å²) in [5.74, 6) is -4.03. The second kappa shape index (κ2) is 9.48. The molecule has 1 aromatic rings. The highest BCUT2D eigenvalue weighted by Crippen LogP contribution is 2.36. The SMILES string of the molecule is NS(=O)(=O)OC(=O)/C=C/C(=O)OC1NC2OC(=O)/C=C/C(=O)OC2c2ccccc21.O. The largest absolute Gasteiger partial charge is 0.449 e. The number of nitrogens with two attached hydrogens (primary N) is 1. The van der Waals surface area contributed by atoms with E-state index < -0.39 is 52.7 Å². The monoisotopic (exact) mass is 456 g/mol. The van der Waals surface area contributed by atoms with Crippen LogP contribution in [0.1, 0.15) is 23.5 Å². The minimum absolute atomic E-state index is 0. The first-order valence-electron chi connectivity index (χ1n) is 8.21. The minimum Gasteiger partial charge on any atom is -0.449 e. The Morgan fingerprint density at radius 2 is 1.58 bits per heavy atom. The van der Waals surface area contributed by atoms with Gasteiger partial charge in [-0.15, -0.1) is 0 Å². The second-order valence-electron chi connectivity index (χ2n) is 5.89. The van der Waals surface area contributed by atoms with Gasteiger partial charge in [0.15, 0.2) is 18.6 Å². The van der Waals surface area contributed by atoms with Crippen molar-refractivity contribution in [1.29, 1.82) is 0 Å². The van der Waals surface area contributed by atoms with Crippen molar-refractivity contribution in [2.24, 2.45) is 5.14 Å². The highest BCUT2D eigenvalue weighted by Gasteiger charge is 2.41. The van der Waals surface area contributed by atoms with Gasteiger partial charge in [-0.2, -0.15) is 13.6 Å². The lowest BCUT2D eigenvalue weighted by Crippen LogP contribution is -2.48. The van der Waals surface area contributed by atoms with Gasteiger partial charge in [-0.05, 0) is 0 Å². The number of benzene rings is 1. The number of ether oxygens (including phenoxy) is 3. The van der Waals surface area contributed by atoms with Crippen molar-refractivity contribution in [1.82, 2.24) is 5.32 Å². The number of nitrogens with one attached hydrogen (secondary N) is 1. The molecule has 0 saturated heterocycles. The van der Waals surface area contributed by atoms with Crippen molar-refractivity contribution < 1.29 is 51.5 Å². The van der Waals surface area contributed by atoms with Gasteiger partial charge >= 0.3 is 34.2 Å². The first-order valence-corrected chi connectivity index (χ1v) is 9.68. The maximum Gasteiger partial charge on any atom is 0.382 e. The number of hydrogen-bond donors (Lipinski definition) is 2. The van der Waals surface area contributed by atoms with Crippen LogP contribution in [0.4, 0.5) is 0 Å². The maximum atomic E-state index is 12.0. The van der Waals surface area contributed by atoms with Crippen LogP contribution in [0.25, 0.3) is 0 Å². The van der Waals surface area contributed by atoms with E-state index >= 15 is 0 Å². The van der Waals surface area contributed by atoms with Crippen molar-refractivity contribution in [2.75, 3.05) is 0 Å². The van der Waals surface area contributed by atoms with Gasteiger partial charge in [0.25, 0.3) is 0 Å². The fraction of sp³-hybridized carbons (Fsp3) is 0.176. The van der Waals surface area contributed by atoms with Gasteiger partial charge in [0.1, 0.15) is 0 Å². The van der Waals surface area contributed by atoms with Crippen LogP contribution in [-0.4, -0.2) is 44.0 Å². The van der Waals surface area contributed by atoms with Gasteiger partial charge in [-0.1, -0.05) is 24.3 Å². The second-order valence-corrected chi connectivity index (χ2v) is 7.04. The Labute approximate surface area is 174 Å². The molecule has 0 radical (unpaired) electrons. The molecular formula is C17H16N2O11S. The van der Waals surface area contributed by atoms with Gasteiger partial charge in [-0.3, -0.25) is 0 Å². The quantitative estimate of drug-likeness (QED) is 0.297. The first-order chi connectivity index (χ1) is 14.1. The molecule has 0 spiro atoms. The molecular weight excluding hydrogens is 440 g/mol. The normalized spacial score (nSPS) is 23.6. The lowest BCUT2D eigenvalue weighted by Gasteiger charge is -2.37. The summed E-state index contributed by atoms with van der Waals surface area (Å²) in [6, 6.07) is 6.46. The summed E-state index contributed by atoms with van der Waals surface area (Å²) in [5.41, 5.74) is 0.828. The zero-order chi connectivity index (χ0) is 21.9. The molecule has 3 atom stereocenters.